The van der Waals surface area contributed by atoms with Gasteiger partial charge in [0.1, 0.15) is 5.82 Å². The Bertz CT molecular complexity index is 539. The summed E-state index contributed by atoms with van der Waals surface area (Å²) >= 11 is 0. The highest BCUT2D eigenvalue weighted by Gasteiger charge is 2.27. The molecule has 0 radical (unpaired) electrons. The van der Waals surface area contributed by atoms with Gasteiger partial charge in [0.25, 0.3) is 0 Å². The number of hydrogen-bond acceptors (Lipinski definition) is 2. The Kier molecular flexibility index (Phi) is 7.22. The highest BCUT2D eigenvalue weighted by molar-refractivity contribution is 5.83. The summed E-state index contributed by atoms with van der Waals surface area (Å²) in [5, 5.41) is 5.84. The van der Waals surface area contributed by atoms with Gasteiger partial charge in [0, 0.05) is 19.4 Å². The molecule has 0 aromatic heterocycles. The van der Waals surface area contributed by atoms with Crippen LogP contribution in [0, 0.1) is 11.7 Å². The maximum atomic E-state index is 13.2. The van der Waals surface area contributed by atoms with Crippen molar-refractivity contribution in [1.29, 1.82) is 0 Å². The quantitative estimate of drug-likeness (QED) is 0.765. The van der Waals surface area contributed by atoms with E-state index in [9.17, 15) is 14.0 Å². The number of hydrogen-bond donors (Lipinski definition) is 2. The summed E-state index contributed by atoms with van der Waals surface area (Å²) in [5.74, 6) is -0.106. The highest BCUT2D eigenvalue weighted by Crippen LogP contribution is 2.35. The minimum atomic E-state index is -0.275. The van der Waals surface area contributed by atoms with E-state index in [1.54, 1.807) is 12.1 Å². The topological polar surface area (TPSA) is 58.2 Å². The Morgan fingerprint density at radius 3 is 2.38 bits per heavy atom. The fourth-order valence-electron chi connectivity index (χ4n) is 3.26. The first-order valence-electron chi connectivity index (χ1n) is 8.91. The third-order valence-electron chi connectivity index (χ3n) is 4.57. The Labute approximate surface area is 143 Å². The molecular formula is C19H27FN2O2. The number of halogens is 1. The van der Waals surface area contributed by atoms with E-state index in [0.717, 1.165) is 37.7 Å². The van der Waals surface area contributed by atoms with Crippen molar-refractivity contribution in [3.05, 3.63) is 35.6 Å². The van der Waals surface area contributed by atoms with Crippen LogP contribution in [-0.2, 0) is 9.59 Å². The lowest BCUT2D eigenvalue weighted by atomic mass is 9.91. The van der Waals surface area contributed by atoms with E-state index in [4.69, 9.17) is 0 Å². The summed E-state index contributed by atoms with van der Waals surface area (Å²) < 4.78 is 13.2. The van der Waals surface area contributed by atoms with Crippen molar-refractivity contribution in [3.63, 3.8) is 0 Å². The second-order valence-corrected chi connectivity index (χ2v) is 6.49. The Hall–Kier alpha value is -1.91. The van der Waals surface area contributed by atoms with Crippen LogP contribution in [0.1, 0.15) is 63.5 Å². The van der Waals surface area contributed by atoms with Crippen LogP contribution in [0.15, 0.2) is 24.3 Å². The minimum Gasteiger partial charge on any atom is -0.356 e. The summed E-state index contributed by atoms with van der Waals surface area (Å²) in [6, 6.07) is 6.25. The van der Waals surface area contributed by atoms with Gasteiger partial charge in [-0.15, -0.1) is 0 Å². The number of amides is 2. The molecule has 0 bridgehead atoms. The van der Waals surface area contributed by atoms with Crippen LogP contribution in [0.25, 0.3) is 0 Å². The van der Waals surface area contributed by atoms with Gasteiger partial charge in [-0.25, -0.2) is 4.39 Å². The van der Waals surface area contributed by atoms with Crippen LogP contribution in [-0.4, -0.2) is 18.4 Å². The van der Waals surface area contributed by atoms with Crippen LogP contribution in [0.2, 0.25) is 0 Å². The Morgan fingerprint density at radius 1 is 1.12 bits per heavy atom. The fourth-order valence-corrected chi connectivity index (χ4v) is 3.26. The molecular weight excluding hydrogens is 307 g/mol. The van der Waals surface area contributed by atoms with Crippen LogP contribution < -0.4 is 10.6 Å². The summed E-state index contributed by atoms with van der Waals surface area (Å²) in [4.78, 5) is 23.9. The Morgan fingerprint density at radius 2 is 1.75 bits per heavy atom. The molecule has 0 heterocycles. The van der Waals surface area contributed by atoms with E-state index in [1.807, 2.05) is 6.92 Å². The molecule has 132 valence electrons. The van der Waals surface area contributed by atoms with Gasteiger partial charge in [0.15, 0.2) is 0 Å². The zero-order valence-electron chi connectivity index (χ0n) is 14.3. The van der Waals surface area contributed by atoms with Gasteiger partial charge < -0.3 is 10.6 Å². The van der Waals surface area contributed by atoms with Gasteiger partial charge in [-0.05, 0) is 42.9 Å². The summed E-state index contributed by atoms with van der Waals surface area (Å²) in [5.41, 5.74) is 0.937. The molecule has 24 heavy (non-hydrogen) atoms. The van der Waals surface area contributed by atoms with E-state index in [-0.39, 0.29) is 36.5 Å². The predicted molar refractivity (Wildman–Crippen MR) is 91.8 cm³/mol. The van der Waals surface area contributed by atoms with Crippen molar-refractivity contribution in [2.75, 3.05) is 6.54 Å². The van der Waals surface area contributed by atoms with Crippen molar-refractivity contribution in [1.82, 2.24) is 10.6 Å². The zero-order chi connectivity index (χ0) is 17.4. The number of nitrogens with one attached hydrogen (secondary N) is 2. The van der Waals surface area contributed by atoms with Crippen LogP contribution in [0.5, 0.6) is 0 Å². The smallest absolute Gasteiger partial charge is 0.221 e. The first-order chi connectivity index (χ1) is 11.6. The van der Waals surface area contributed by atoms with Crippen molar-refractivity contribution in [2.45, 2.75) is 57.9 Å². The largest absolute Gasteiger partial charge is 0.356 e. The number of carbonyl (C=O) groups is 2. The molecule has 2 rings (SSSR count). The molecule has 1 aromatic carbocycles. The number of rotatable bonds is 8. The lowest BCUT2D eigenvalue weighted by Gasteiger charge is -2.25. The highest BCUT2D eigenvalue weighted by atomic mass is 19.1. The number of carbonyl (C=O) groups excluding carboxylic acids is 2. The fraction of sp³-hybridized carbons (Fsp3) is 0.579. The Balaban J connectivity index is 1.93. The molecule has 1 fully saturated rings. The molecule has 2 amide bonds. The van der Waals surface area contributed by atoms with E-state index in [0.29, 0.717) is 12.5 Å². The van der Waals surface area contributed by atoms with E-state index in [2.05, 4.69) is 10.6 Å². The molecule has 0 spiro atoms. The second kappa shape index (κ2) is 9.40. The van der Waals surface area contributed by atoms with Crippen molar-refractivity contribution in [3.8, 4) is 0 Å². The average Bonchev–Trinajstić information content (AvgIpc) is 3.11. The average molecular weight is 334 g/mol. The normalized spacial score (nSPS) is 15.9. The molecule has 1 aliphatic rings. The van der Waals surface area contributed by atoms with Crippen molar-refractivity contribution < 1.29 is 14.0 Å². The first-order valence-corrected chi connectivity index (χ1v) is 8.91. The monoisotopic (exact) mass is 334 g/mol. The van der Waals surface area contributed by atoms with E-state index < -0.39 is 0 Å². The molecule has 0 saturated heterocycles. The summed E-state index contributed by atoms with van der Waals surface area (Å²) in [7, 11) is 0. The molecule has 0 unspecified atom stereocenters. The van der Waals surface area contributed by atoms with Gasteiger partial charge in [0.05, 0.1) is 6.04 Å². The summed E-state index contributed by atoms with van der Waals surface area (Å²) in [6.45, 7) is 2.63. The SMILES string of the molecule is CCCNC(=O)CCC(=O)N[C@H](c1ccc(F)cc1)C1CCCC1. The molecule has 5 heteroatoms. The maximum Gasteiger partial charge on any atom is 0.221 e. The first kappa shape index (κ1) is 18.4. The molecule has 4 nitrogen and oxygen atoms in total. The van der Waals surface area contributed by atoms with Crippen LogP contribution in [0.3, 0.4) is 0 Å². The van der Waals surface area contributed by atoms with Crippen LogP contribution in [0.4, 0.5) is 4.39 Å². The molecule has 2 N–H and O–H groups in total. The van der Waals surface area contributed by atoms with Gasteiger partial charge >= 0.3 is 0 Å². The predicted octanol–water partition coefficient (Wildman–Crippen LogP) is 3.48. The van der Waals surface area contributed by atoms with Gasteiger partial charge in [-0.1, -0.05) is 31.9 Å². The van der Waals surface area contributed by atoms with Crippen molar-refractivity contribution in [2.24, 2.45) is 5.92 Å². The molecule has 0 aliphatic heterocycles. The molecule has 1 aliphatic carbocycles. The minimum absolute atomic E-state index is 0.0915. The summed E-state index contributed by atoms with van der Waals surface area (Å²) in [6.07, 6.45) is 5.73. The lowest BCUT2D eigenvalue weighted by molar-refractivity contribution is -0.127. The van der Waals surface area contributed by atoms with E-state index >= 15 is 0 Å². The van der Waals surface area contributed by atoms with E-state index in [1.165, 1.54) is 12.1 Å². The van der Waals surface area contributed by atoms with Gasteiger partial charge in [0.2, 0.25) is 11.8 Å². The molecule has 1 saturated carbocycles. The maximum absolute atomic E-state index is 13.2. The lowest BCUT2D eigenvalue weighted by Crippen LogP contribution is -2.34. The third-order valence-corrected chi connectivity index (χ3v) is 4.57. The van der Waals surface area contributed by atoms with Crippen LogP contribution >= 0.6 is 0 Å². The third kappa shape index (κ3) is 5.62. The second-order valence-electron chi connectivity index (χ2n) is 6.49. The van der Waals surface area contributed by atoms with Gasteiger partial charge in [-0.3, -0.25) is 9.59 Å². The van der Waals surface area contributed by atoms with Crippen molar-refractivity contribution >= 4 is 11.8 Å². The zero-order valence-corrected chi connectivity index (χ0v) is 14.3. The molecule has 1 aromatic rings. The standard InChI is InChI=1S/C19H27FN2O2/c1-2-13-21-17(23)11-12-18(24)22-19(14-5-3-4-6-14)15-7-9-16(20)10-8-15/h7-10,14,19H,2-6,11-13H2,1H3,(H,21,23)(H,22,24)/t19-/m0/s1. The number of benzene rings is 1. The molecule has 1 atom stereocenters. The van der Waals surface area contributed by atoms with Gasteiger partial charge in [-0.2, -0.15) is 0 Å².